The van der Waals surface area contributed by atoms with Gasteiger partial charge in [0.1, 0.15) is 12.4 Å². The summed E-state index contributed by atoms with van der Waals surface area (Å²) in [6.07, 6.45) is 9.07. The molecule has 3 heteroatoms. The first-order chi connectivity index (χ1) is 11.3. The molecule has 0 bridgehead atoms. The highest BCUT2D eigenvalue weighted by molar-refractivity contribution is 5.27. The largest absolute Gasteiger partial charge is 0.491 e. The third-order valence-corrected chi connectivity index (χ3v) is 3.85. The van der Waals surface area contributed by atoms with Crippen LogP contribution in [0.3, 0.4) is 0 Å². The fourth-order valence-corrected chi connectivity index (χ4v) is 2.52. The van der Waals surface area contributed by atoms with Gasteiger partial charge in [0.25, 0.3) is 0 Å². The Bertz CT molecular complexity index is 375. The molecule has 0 aliphatic rings. The Kier molecular flexibility index (Phi) is 11.6. The van der Waals surface area contributed by atoms with Gasteiger partial charge in [-0.15, -0.1) is 0 Å². The third kappa shape index (κ3) is 10.4. The van der Waals surface area contributed by atoms with E-state index in [1.54, 1.807) is 0 Å². The summed E-state index contributed by atoms with van der Waals surface area (Å²) in [6, 6.07) is 8.45. The average Bonchev–Trinajstić information content (AvgIpc) is 2.56. The summed E-state index contributed by atoms with van der Waals surface area (Å²) >= 11 is 0. The minimum absolute atomic E-state index is 0.164. The molecule has 1 aromatic carbocycles. The molecule has 0 aliphatic heterocycles. The number of hydrogen-bond donors (Lipinski definition) is 0. The summed E-state index contributed by atoms with van der Waals surface area (Å²) in [7, 11) is 0. The molecule has 0 saturated carbocycles. The van der Waals surface area contributed by atoms with Crippen molar-refractivity contribution in [3.8, 4) is 5.75 Å². The maximum absolute atomic E-state index is 5.68. The Morgan fingerprint density at radius 3 is 2.22 bits per heavy atom. The normalized spacial score (nSPS) is 12.3. The topological polar surface area (TPSA) is 27.7 Å². The van der Waals surface area contributed by atoms with Gasteiger partial charge in [-0.2, -0.15) is 0 Å². The smallest absolute Gasteiger partial charge is 0.154 e. The highest BCUT2D eigenvalue weighted by Gasteiger charge is 2.01. The van der Waals surface area contributed by atoms with E-state index in [1.165, 1.54) is 50.5 Å². The Hall–Kier alpha value is -1.06. The Labute approximate surface area is 142 Å². The van der Waals surface area contributed by atoms with Crippen LogP contribution in [0, 0.1) is 0 Å². The minimum atomic E-state index is -0.164. The van der Waals surface area contributed by atoms with E-state index < -0.39 is 0 Å². The van der Waals surface area contributed by atoms with Crippen molar-refractivity contribution in [1.82, 2.24) is 0 Å². The van der Waals surface area contributed by atoms with E-state index in [9.17, 15) is 0 Å². The first-order valence-electron chi connectivity index (χ1n) is 9.21. The molecule has 0 radical (unpaired) electrons. The number of rotatable bonds is 14. The van der Waals surface area contributed by atoms with Crippen molar-refractivity contribution in [3.63, 3.8) is 0 Å². The van der Waals surface area contributed by atoms with Crippen molar-refractivity contribution >= 4 is 0 Å². The molecule has 1 rings (SSSR count). The van der Waals surface area contributed by atoms with Gasteiger partial charge in [-0.05, 0) is 44.4 Å². The molecular weight excluding hydrogens is 288 g/mol. The molecule has 132 valence electrons. The quantitative estimate of drug-likeness (QED) is 0.340. The van der Waals surface area contributed by atoms with Crippen molar-refractivity contribution < 1.29 is 14.2 Å². The SMILES string of the molecule is CCCCCCCCc1ccc(OCCOC(C)OCC)cc1. The van der Waals surface area contributed by atoms with E-state index in [1.807, 2.05) is 13.8 Å². The fourth-order valence-electron chi connectivity index (χ4n) is 2.52. The van der Waals surface area contributed by atoms with Gasteiger partial charge in [0.05, 0.1) is 6.61 Å². The van der Waals surface area contributed by atoms with E-state index in [-0.39, 0.29) is 6.29 Å². The van der Waals surface area contributed by atoms with Gasteiger partial charge >= 0.3 is 0 Å². The lowest BCUT2D eigenvalue weighted by Crippen LogP contribution is -2.17. The van der Waals surface area contributed by atoms with Crippen LogP contribution in [0.25, 0.3) is 0 Å². The summed E-state index contributed by atoms with van der Waals surface area (Å²) in [5.41, 5.74) is 1.40. The first kappa shape index (κ1) is 20.0. The predicted molar refractivity (Wildman–Crippen MR) is 96.1 cm³/mol. The fraction of sp³-hybridized carbons (Fsp3) is 0.700. The zero-order valence-electron chi connectivity index (χ0n) is 15.2. The summed E-state index contributed by atoms with van der Waals surface area (Å²) in [4.78, 5) is 0. The summed E-state index contributed by atoms with van der Waals surface area (Å²) in [5.74, 6) is 0.907. The lowest BCUT2D eigenvalue weighted by Gasteiger charge is -2.13. The van der Waals surface area contributed by atoms with Crippen LogP contribution in [-0.2, 0) is 15.9 Å². The third-order valence-electron chi connectivity index (χ3n) is 3.85. The van der Waals surface area contributed by atoms with Gasteiger partial charge in [-0.3, -0.25) is 0 Å². The molecule has 23 heavy (non-hydrogen) atoms. The molecule has 0 aromatic heterocycles. The molecule has 0 spiro atoms. The van der Waals surface area contributed by atoms with E-state index in [2.05, 4.69) is 31.2 Å². The molecular formula is C20H34O3. The van der Waals surface area contributed by atoms with E-state index in [4.69, 9.17) is 14.2 Å². The number of benzene rings is 1. The Morgan fingerprint density at radius 1 is 0.826 bits per heavy atom. The van der Waals surface area contributed by atoms with Crippen molar-refractivity contribution in [2.24, 2.45) is 0 Å². The summed E-state index contributed by atoms with van der Waals surface area (Å²) < 4.78 is 16.5. The van der Waals surface area contributed by atoms with Crippen molar-refractivity contribution in [2.75, 3.05) is 19.8 Å². The standard InChI is InChI=1S/C20H34O3/c1-4-6-7-8-9-10-11-19-12-14-20(15-13-19)23-17-16-22-18(3)21-5-2/h12-15,18H,4-11,16-17H2,1-3H3. The second-order valence-electron chi connectivity index (χ2n) is 5.90. The predicted octanol–water partition coefficient (Wildman–Crippen LogP) is 5.37. The van der Waals surface area contributed by atoms with Crippen LogP contribution in [0.1, 0.15) is 64.9 Å². The number of ether oxygens (including phenoxy) is 3. The number of hydrogen-bond acceptors (Lipinski definition) is 3. The van der Waals surface area contributed by atoms with Gasteiger partial charge in [-0.25, -0.2) is 0 Å². The zero-order valence-corrected chi connectivity index (χ0v) is 15.2. The molecule has 0 fully saturated rings. The summed E-state index contributed by atoms with van der Waals surface area (Å²) in [5, 5.41) is 0. The maximum atomic E-state index is 5.68. The molecule has 0 aliphatic carbocycles. The molecule has 3 nitrogen and oxygen atoms in total. The van der Waals surface area contributed by atoms with Gasteiger partial charge < -0.3 is 14.2 Å². The molecule has 0 heterocycles. The van der Waals surface area contributed by atoms with E-state index in [0.717, 1.165) is 5.75 Å². The van der Waals surface area contributed by atoms with Gasteiger partial charge in [-0.1, -0.05) is 51.2 Å². The second kappa shape index (κ2) is 13.4. The van der Waals surface area contributed by atoms with Crippen LogP contribution < -0.4 is 4.74 Å². The highest BCUT2D eigenvalue weighted by atomic mass is 16.7. The van der Waals surface area contributed by atoms with Crippen molar-refractivity contribution in [3.05, 3.63) is 29.8 Å². The summed E-state index contributed by atoms with van der Waals surface area (Å²) in [6.45, 7) is 7.88. The monoisotopic (exact) mass is 322 g/mol. The lowest BCUT2D eigenvalue weighted by molar-refractivity contribution is -0.131. The number of unbranched alkanes of at least 4 members (excludes halogenated alkanes) is 5. The van der Waals surface area contributed by atoms with Crippen molar-refractivity contribution in [2.45, 2.75) is 72.0 Å². The number of aryl methyl sites for hydroxylation is 1. The van der Waals surface area contributed by atoms with Gasteiger partial charge in [0, 0.05) is 6.61 Å². The molecule has 1 atom stereocenters. The molecule has 1 aromatic rings. The minimum Gasteiger partial charge on any atom is -0.491 e. The van der Waals surface area contributed by atoms with Crippen LogP contribution in [0.5, 0.6) is 5.75 Å². The van der Waals surface area contributed by atoms with Crippen LogP contribution in [0.2, 0.25) is 0 Å². The van der Waals surface area contributed by atoms with Gasteiger partial charge in [0.15, 0.2) is 6.29 Å². The molecule has 0 N–H and O–H groups in total. The Morgan fingerprint density at radius 2 is 1.52 bits per heavy atom. The van der Waals surface area contributed by atoms with Crippen LogP contribution >= 0.6 is 0 Å². The molecule has 0 amide bonds. The van der Waals surface area contributed by atoms with E-state index >= 15 is 0 Å². The van der Waals surface area contributed by atoms with Gasteiger partial charge in [0.2, 0.25) is 0 Å². The first-order valence-corrected chi connectivity index (χ1v) is 9.21. The molecule has 0 saturated heterocycles. The van der Waals surface area contributed by atoms with Crippen LogP contribution in [-0.4, -0.2) is 26.1 Å². The van der Waals surface area contributed by atoms with Crippen molar-refractivity contribution in [1.29, 1.82) is 0 Å². The van der Waals surface area contributed by atoms with E-state index in [0.29, 0.717) is 19.8 Å². The average molecular weight is 322 g/mol. The maximum Gasteiger partial charge on any atom is 0.154 e. The second-order valence-corrected chi connectivity index (χ2v) is 5.90. The highest BCUT2D eigenvalue weighted by Crippen LogP contribution is 2.15. The zero-order chi connectivity index (χ0) is 16.8. The van der Waals surface area contributed by atoms with Crippen LogP contribution in [0.4, 0.5) is 0 Å². The Balaban J connectivity index is 2.11. The molecule has 1 unspecified atom stereocenters. The lowest BCUT2D eigenvalue weighted by atomic mass is 10.0. The van der Waals surface area contributed by atoms with Crippen LogP contribution in [0.15, 0.2) is 24.3 Å².